The Hall–Kier alpha value is -0.0631. The first kappa shape index (κ1) is 21.0. The summed E-state index contributed by atoms with van der Waals surface area (Å²) in [6.07, 6.45) is 0.785. The number of ether oxygens (including phenoxy) is 2. The average Bonchev–Trinajstić information content (AvgIpc) is 3.34. The molecule has 1 aliphatic rings. The summed E-state index contributed by atoms with van der Waals surface area (Å²) in [5, 5.41) is 18.4. The zero-order valence-corrected chi connectivity index (χ0v) is 15.5. The van der Waals surface area contributed by atoms with Gasteiger partial charge in [-0.2, -0.15) is 0 Å². The molecule has 0 spiro atoms. The van der Waals surface area contributed by atoms with Gasteiger partial charge in [0.25, 0.3) is 0 Å². The van der Waals surface area contributed by atoms with Crippen molar-refractivity contribution in [2.24, 2.45) is 0 Å². The van der Waals surface area contributed by atoms with Gasteiger partial charge in [-0.1, -0.05) is 0 Å². The lowest BCUT2D eigenvalue weighted by Gasteiger charge is -2.30. The number of hydrogen-bond acceptors (Lipinski definition) is 7. The van der Waals surface area contributed by atoms with Crippen molar-refractivity contribution in [2.75, 3.05) is 39.6 Å². The molecule has 3 unspecified atom stereocenters. The topological polar surface area (TPSA) is 89.9 Å². The Kier molecular flexibility index (Phi) is 10.5. The predicted molar refractivity (Wildman–Crippen MR) is 87.2 cm³/mol. The van der Waals surface area contributed by atoms with Crippen LogP contribution in [0.2, 0.25) is 6.04 Å². The molecule has 7 nitrogen and oxygen atoms in total. The molecule has 0 aromatic rings. The second-order valence-corrected chi connectivity index (χ2v) is 8.24. The van der Waals surface area contributed by atoms with Crippen LogP contribution in [0.25, 0.3) is 0 Å². The molecule has 0 bridgehead atoms. The van der Waals surface area contributed by atoms with Crippen LogP contribution in [0, 0.1) is 0 Å². The standard InChI is InChI=1S/C15H32O7Si/c1-4-20-23(21-5-2,22-6-3)8-7-14(9-15-12-19-15)18-11-13(17)10-16/h13-17H,4-12H2,1-3H3. The fourth-order valence-electron chi connectivity index (χ4n) is 2.41. The van der Waals surface area contributed by atoms with E-state index in [1.165, 1.54) is 0 Å². The third-order valence-electron chi connectivity index (χ3n) is 3.53. The first-order valence-corrected chi connectivity index (χ1v) is 10.5. The largest absolute Gasteiger partial charge is 0.501 e. The van der Waals surface area contributed by atoms with Crippen molar-refractivity contribution in [1.29, 1.82) is 0 Å². The second kappa shape index (κ2) is 11.5. The normalized spacial score (nSPS) is 20.5. The van der Waals surface area contributed by atoms with Crippen LogP contribution in [0.15, 0.2) is 0 Å². The van der Waals surface area contributed by atoms with Crippen LogP contribution in [-0.2, 0) is 22.8 Å². The minimum Gasteiger partial charge on any atom is -0.394 e. The summed E-state index contributed by atoms with van der Waals surface area (Å²) in [4.78, 5) is 0. The Balaban J connectivity index is 2.55. The highest BCUT2D eigenvalue weighted by Crippen LogP contribution is 2.25. The minimum atomic E-state index is -2.69. The molecule has 1 fully saturated rings. The molecule has 2 N–H and O–H groups in total. The molecule has 0 aromatic carbocycles. The van der Waals surface area contributed by atoms with E-state index in [1.807, 2.05) is 20.8 Å². The highest BCUT2D eigenvalue weighted by atomic mass is 28.4. The highest BCUT2D eigenvalue weighted by Gasteiger charge is 2.41. The first-order chi connectivity index (χ1) is 11.1. The van der Waals surface area contributed by atoms with Gasteiger partial charge < -0.3 is 33.0 Å². The molecule has 0 aliphatic carbocycles. The summed E-state index contributed by atoms with van der Waals surface area (Å²) in [6.45, 7) is 8.01. The average molecular weight is 353 g/mol. The van der Waals surface area contributed by atoms with Crippen molar-refractivity contribution in [3.05, 3.63) is 0 Å². The van der Waals surface area contributed by atoms with Crippen molar-refractivity contribution in [3.63, 3.8) is 0 Å². The first-order valence-electron chi connectivity index (χ1n) is 8.53. The van der Waals surface area contributed by atoms with Crippen LogP contribution in [0.1, 0.15) is 33.6 Å². The van der Waals surface area contributed by atoms with Gasteiger partial charge in [-0.15, -0.1) is 0 Å². The van der Waals surface area contributed by atoms with Gasteiger partial charge in [-0.25, -0.2) is 0 Å². The Labute approximate surface area is 140 Å². The maximum atomic E-state index is 9.47. The van der Waals surface area contributed by atoms with Gasteiger partial charge in [0.1, 0.15) is 6.10 Å². The van der Waals surface area contributed by atoms with Gasteiger partial charge in [0.2, 0.25) is 0 Å². The molecular formula is C15H32O7Si. The molecule has 23 heavy (non-hydrogen) atoms. The molecule has 0 aromatic heterocycles. The van der Waals surface area contributed by atoms with Crippen LogP contribution in [-0.4, -0.2) is 77.0 Å². The maximum absolute atomic E-state index is 9.47. The summed E-state index contributed by atoms with van der Waals surface area (Å²) in [6, 6.07) is 0.662. The fraction of sp³-hybridized carbons (Fsp3) is 1.00. The number of hydrogen-bond donors (Lipinski definition) is 2. The van der Waals surface area contributed by atoms with Gasteiger partial charge in [-0.3, -0.25) is 0 Å². The summed E-state index contributed by atoms with van der Waals surface area (Å²) >= 11 is 0. The summed E-state index contributed by atoms with van der Waals surface area (Å²) in [5.74, 6) is 0. The third kappa shape index (κ3) is 8.55. The zero-order valence-electron chi connectivity index (χ0n) is 14.5. The van der Waals surface area contributed by atoms with Crippen LogP contribution in [0.3, 0.4) is 0 Å². The predicted octanol–water partition coefficient (Wildman–Crippen LogP) is 0.952. The van der Waals surface area contributed by atoms with Gasteiger partial charge in [0.15, 0.2) is 0 Å². The SMILES string of the molecule is CCO[Si](CCC(CC1CO1)OCC(O)CO)(OCC)OCC. The van der Waals surface area contributed by atoms with Crippen molar-refractivity contribution < 1.29 is 33.0 Å². The number of aliphatic hydroxyl groups is 2. The molecule has 1 rings (SSSR count). The molecule has 0 saturated carbocycles. The van der Waals surface area contributed by atoms with E-state index in [-0.39, 0.29) is 25.4 Å². The van der Waals surface area contributed by atoms with Gasteiger partial charge in [-0.05, 0) is 27.2 Å². The van der Waals surface area contributed by atoms with Crippen molar-refractivity contribution >= 4 is 8.80 Å². The Morgan fingerprint density at radius 1 is 1.13 bits per heavy atom. The highest BCUT2D eigenvalue weighted by molar-refractivity contribution is 6.60. The molecule has 1 aliphatic heterocycles. The Bertz CT molecular complexity index is 285. The quantitative estimate of drug-likeness (QED) is 0.335. The smallest absolute Gasteiger partial charge is 0.394 e. The van der Waals surface area contributed by atoms with Crippen LogP contribution < -0.4 is 0 Å². The van der Waals surface area contributed by atoms with Crippen molar-refractivity contribution in [2.45, 2.75) is 58.0 Å². The van der Waals surface area contributed by atoms with E-state index in [9.17, 15) is 5.11 Å². The second-order valence-electron chi connectivity index (χ2n) is 5.50. The summed E-state index contributed by atoms with van der Waals surface area (Å²) in [5.41, 5.74) is 0. The lowest BCUT2D eigenvalue weighted by atomic mass is 10.1. The number of rotatable bonds is 15. The van der Waals surface area contributed by atoms with E-state index < -0.39 is 14.9 Å². The minimum absolute atomic E-state index is 0.0723. The fourth-order valence-corrected chi connectivity index (χ4v) is 5.08. The molecule has 0 amide bonds. The molecule has 138 valence electrons. The molecule has 1 heterocycles. The van der Waals surface area contributed by atoms with E-state index in [4.69, 9.17) is 27.9 Å². The van der Waals surface area contributed by atoms with Gasteiger partial charge in [0, 0.05) is 32.3 Å². The zero-order chi connectivity index (χ0) is 17.1. The van der Waals surface area contributed by atoms with Crippen LogP contribution in [0.4, 0.5) is 0 Å². The van der Waals surface area contributed by atoms with E-state index in [1.54, 1.807) is 0 Å². The summed E-state index contributed by atoms with van der Waals surface area (Å²) in [7, 11) is -2.69. The van der Waals surface area contributed by atoms with Crippen molar-refractivity contribution in [1.82, 2.24) is 0 Å². The molecule has 8 heteroatoms. The van der Waals surface area contributed by atoms with E-state index in [0.29, 0.717) is 32.3 Å². The van der Waals surface area contributed by atoms with Crippen LogP contribution in [0.5, 0.6) is 0 Å². The van der Waals surface area contributed by atoms with Gasteiger partial charge in [0.05, 0.1) is 32.0 Å². The molecular weight excluding hydrogens is 320 g/mol. The van der Waals surface area contributed by atoms with Crippen LogP contribution >= 0.6 is 0 Å². The van der Waals surface area contributed by atoms with E-state index in [0.717, 1.165) is 13.0 Å². The molecule has 1 saturated heterocycles. The van der Waals surface area contributed by atoms with E-state index >= 15 is 0 Å². The molecule has 0 radical (unpaired) electrons. The van der Waals surface area contributed by atoms with Gasteiger partial charge >= 0.3 is 8.80 Å². The maximum Gasteiger partial charge on any atom is 0.501 e. The third-order valence-corrected chi connectivity index (χ3v) is 6.62. The summed E-state index contributed by atoms with van der Waals surface area (Å²) < 4.78 is 28.6. The lowest BCUT2D eigenvalue weighted by Crippen LogP contribution is -2.46. The molecule has 3 atom stereocenters. The van der Waals surface area contributed by atoms with E-state index in [2.05, 4.69) is 0 Å². The lowest BCUT2D eigenvalue weighted by molar-refractivity contribution is -0.0361. The van der Waals surface area contributed by atoms with Crippen molar-refractivity contribution in [3.8, 4) is 0 Å². The number of aliphatic hydroxyl groups excluding tert-OH is 2. The Morgan fingerprint density at radius 2 is 1.70 bits per heavy atom. The number of epoxide rings is 1. The monoisotopic (exact) mass is 352 g/mol. The Morgan fingerprint density at radius 3 is 2.13 bits per heavy atom.